The molecule has 0 aliphatic rings. The molecule has 2 rings (SSSR count). The maximum Gasteiger partial charge on any atom is 0.342 e. The summed E-state index contributed by atoms with van der Waals surface area (Å²) in [6, 6.07) is 13.3. The van der Waals surface area contributed by atoms with Crippen molar-refractivity contribution in [1.82, 2.24) is 0 Å². The standard InChI is InChI=1S/2C16H20O6/c1-11(17)13(9-6-10-15(18)21-3)22-16(19)12-7-4-5-8-14(12)20-2;1-20-14-9-5-4-8-13(14)16(19)22-11-12(17)7-3-6-10-15(18)21-2/h4-5,7-8,13H,6,9-10H2,1-3H3;4-5,8-9H,3,6-7,10-11H2,1-2H3. The van der Waals surface area contributed by atoms with Crippen LogP contribution in [-0.2, 0) is 38.1 Å². The lowest BCUT2D eigenvalue weighted by Gasteiger charge is -2.16. The van der Waals surface area contributed by atoms with Gasteiger partial charge in [0.15, 0.2) is 17.7 Å². The Morgan fingerprint density at radius 1 is 0.636 bits per heavy atom. The second kappa shape index (κ2) is 21.0. The zero-order chi connectivity index (χ0) is 32.9. The number of hydrogen-bond acceptors (Lipinski definition) is 12. The van der Waals surface area contributed by atoms with Crippen molar-refractivity contribution in [3.05, 3.63) is 59.7 Å². The van der Waals surface area contributed by atoms with Crippen molar-refractivity contribution >= 4 is 35.4 Å². The molecule has 0 aliphatic heterocycles. The van der Waals surface area contributed by atoms with Crippen molar-refractivity contribution in [1.29, 1.82) is 0 Å². The smallest absolute Gasteiger partial charge is 0.342 e. The van der Waals surface area contributed by atoms with Gasteiger partial charge in [-0.15, -0.1) is 0 Å². The highest BCUT2D eigenvalue weighted by atomic mass is 16.6. The summed E-state index contributed by atoms with van der Waals surface area (Å²) in [4.78, 5) is 69.2. The molecule has 0 radical (unpaired) electrons. The summed E-state index contributed by atoms with van der Waals surface area (Å²) < 4.78 is 29.4. The normalized spacial score (nSPS) is 10.7. The van der Waals surface area contributed by atoms with Crippen LogP contribution < -0.4 is 9.47 Å². The van der Waals surface area contributed by atoms with E-state index >= 15 is 0 Å². The van der Waals surface area contributed by atoms with Crippen LogP contribution in [0.2, 0.25) is 0 Å². The lowest BCUT2D eigenvalue weighted by molar-refractivity contribution is -0.141. The Labute approximate surface area is 256 Å². The van der Waals surface area contributed by atoms with E-state index in [1.165, 1.54) is 35.4 Å². The van der Waals surface area contributed by atoms with Crippen molar-refractivity contribution in [3.8, 4) is 11.5 Å². The molecule has 0 fully saturated rings. The van der Waals surface area contributed by atoms with Gasteiger partial charge in [-0.2, -0.15) is 0 Å². The number of ketones is 2. The number of rotatable bonds is 17. The number of hydrogen-bond donors (Lipinski definition) is 0. The second-order valence-corrected chi connectivity index (χ2v) is 9.27. The number of carbonyl (C=O) groups is 6. The van der Waals surface area contributed by atoms with E-state index in [0.29, 0.717) is 30.8 Å². The number of carbonyl (C=O) groups excluding carboxylic acids is 6. The Kier molecular flexibility index (Phi) is 17.8. The van der Waals surface area contributed by atoms with Gasteiger partial charge < -0.3 is 28.4 Å². The lowest BCUT2D eigenvalue weighted by atomic mass is 10.1. The molecule has 12 nitrogen and oxygen atoms in total. The number of unbranched alkanes of at least 4 members (excludes halogenated alkanes) is 1. The topological polar surface area (TPSA) is 158 Å². The zero-order valence-corrected chi connectivity index (χ0v) is 25.8. The largest absolute Gasteiger partial charge is 0.496 e. The Bertz CT molecular complexity index is 1250. The van der Waals surface area contributed by atoms with Crippen LogP contribution in [0.5, 0.6) is 11.5 Å². The molecule has 2 aromatic rings. The van der Waals surface area contributed by atoms with Crippen LogP contribution in [0.4, 0.5) is 0 Å². The fourth-order valence-corrected chi connectivity index (χ4v) is 3.69. The van der Waals surface area contributed by atoms with Crippen LogP contribution >= 0.6 is 0 Å². The molecular weight excluding hydrogens is 576 g/mol. The second-order valence-electron chi connectivity index (χ2n) is 9.27. The van der Waals surface area contributed by atoms with Crippen molar-refractivity contribution in [2.75, 3.05) is 35.0 Å². The van der Waals surface area contributed by atoms with Crippen LogP contribution in [0.25, 0.3) is 0 Å². The first-order chi connectivity index (χ1) is 21.1. The highest BCUT2D eigenvalue weighted by molar-refractivity contribution is 5.95. The summed E-state index contributed by atoms with van der Waals surface area (Å²) in [5.74, 6) is -1.56. The third kappa shape index (κ3) is 14.0. The molecule has 0 bridgehead atoms. The van der Waals surface area contributed by atoms with Crippen molar-refractivity contribution < 1.29 is 57.2 Å². The molecule has 240 valence electrons. The molecule has 1 unspecified atom stereocenters. The summed E-state index contributed by atoms with van der Waals surface area (Å²) in [5, 5.41) is 0. The molecule has 0 saturated heterocycles. The maximum absolute atomic E-state index is 12.1. The van der Waals surface area contributed by atoms with Crippen LogP contribution in [0.1, 0.15) is 72.6 Å². The molecular formula is C32H40O12. The third-order valence-corrected chi connectivity index (χ3v) is 6.11. The first kappa shape index (κ1) is 37.3. The van der Waals surface area contributed by atoms with Gasteiger partial charge in [0.25, 0.3) is 0 Å². The Morgan fingerprint density at radius 3 is 1.61 bits per heavy atom. The highest BCUT2D eigenvalue weighted by Gasteiger charge is 2.22. The van der Waals surface area contributed by atoms with Crippen molar-refractivity contribution in [3.63, 3.8) is 0 Å². The molecule has 2 aromatic carbocycles. The minimum absolute atomic E-state index is 0.173. The van der Waals surface area contributed by atoms with E-state index in [-0.39, 0.29) is 66.9 Å². The van der Waals surface area contributed by atoms with Crippen LogP contribution in [0.15, 0.2) is 48.5 Å². The number of methoxy groups -OCH3 is 4. The first-order valence-electron chi connectivity index (χ1n) is 13.9. The first-order valence-corrected chi connectivity index (χ1v) is 13.9. The van der Waals surface area contributed by atoms with Gasteiger partial charge in [0.2, 0.25) is 0 Å². The van der Waals surface area contributed by atoms with Gasteiger partial charge in [-0.25, -0.2) is 9.59 Å². The lowest BCUT2D eigenvalue weighted by Crippen LogP contribution is -2.26. The molecule has 44 heavy (non-hydrogen) atoms. The zero-order valence-electron chi connectivity index (χ0n) is 25.8. The summed E-state index contributed by atoms with van der Waals surface area (Å²) in [7, 11) is 5.53. The predicted octanol–water partition coefficient (Wildman–Crippen LogP) is 4.31. The van der Waals surface area contributed by atoms with E-state index in [2.05, 4.69) is 9.47 Å². The number of benzene rings is 2. The molecule has 0 N–H and O–H groups in total. The van der Waals surface area contributed by atoms with Gasteiger partial charge in [-0.1, -0.05) is 24.3 Å². The van der Waals surface area contributed by atoms with E-state index in [4.69, 9.17) is 18.9 Å². The molecule has 0 spiro atoms. The van der Waals surface area contributed by atoms with Crippen molar-refractivity contribution in [2.24, 2.45) is 0 Å². The van der Waals surface area contributed by atoms with E-state index < -0.39 is 18.0 Å². The molecule has 0 heterocycles. The third-order valence-electron chi connectivity index (χ3n) is 6.11. The van der Waals surface area contributed by atoms with E-state index in [0.717, 1.165) is 0 Å². The average molecular weight is 617 g/mol. The molecule has 0 saturated carbocycles. The number of esters is 4. The molecule has 0 aliphatic carbocycles. The van der Waals surface area contributed by atoms with Gasteiger partial charge in [-0.3, -0.25) is 19.2 Å². The van der Waals surface area contributed by atoms with E-state index in [9.17, 15) is 28.8 Å². The van der Waals surface area contributed by atoms with E-state index in [1.807, 2.05) is 0 Å². The maximum atomic E-state index is 12.1. The van der Waals surface area contributed by atoms with Crippen LogP contribution in [-0.4, -0.2) is 76.6 Å². The van der Waals surface area contributed by atoms with Crippen LogP contribution in [0.3, 0.4) is 0 Å². The fraction of sp³-hybridized carbons (Fsp3) is 0.438. The number of para-hydroxylation sites is 2. The Balaban J connectivity index is 0.000000440. The SMILES string of the molecule is COC(=O)CCCC(OC(=O)c1ccccc1OC)C(C)=O.COC(=O)CCCCC(=O)COC(=O)c1ccccc1OC. The average Bonchev–Trinajstić information content (AvgIpc) is 3.04. The Morgan fingerprint density at radius 2 is 1.11 bits per heavy atom. The van der Waals surface area contributed by atoms with Crippen molar-refractivity contribution in [2.45, 2.75) is 58.0 Å². The summed E-state index contributed by atoms with van der Waals surface area (Å²) >= 11 is 0. The minimum atomic E-state index is -0.887. The van der Waals surface area contributed by atoms with Gasteiger partial charge in [0, 0.05) is 19.3 Å². The molecule has 0 amide bonds. The molecule has 1 atom stereocenters. The predicted molar refractivity (Wildman–Crippen MR) is 158 cm³/mol. The fourth-order valence-electron chi connectivity index (χ4n) is 3.69. The van der Waals surface area contributed by atoms with Gasteiger partial charge in [-0.05, 0) is 56.9 Å². The Hall–Kier alpha value is -4.74. The highest BCUT2D eigenvalue weighted by Crippen LogP contribution is 2.20. The van der Waals surface area contributed by atoms with E-state index in [1.54, 1.807) is 48.5 Å². The quantitative estimate of drug-likeness (QED) is 0.141. The summed E-state index contributed by atoms with van der Waals surface area (Å²) in [6.45, 7) is 1.06. The van der Waals surface area contributed by atoms with Gasteiger partial charge in [0.05, 0.1) is 28.4 Å². The minimum Gasteiger partial charge on any atom is -0.496 e. The summed E-state index contributed by atoms with van der Waals surface area (Å²) in [6.07, 6.45) is 1.62. The molecule has 12 heteroatoms. The molecule has 0 aromatic heterocycles. The monoisotopic (exact) mass is 616 g/mol. The number of ether oxygens (including phenoxy) is 6. The number of Topliss-reactive ketones (excluding diaryl/α,β-unsaturated/α-hetero) is 2. The van der Waals surface area contributed by atoms with Crippen LogP contribution in [0, 0.1) is 0 Å². The van der Waals surface area contributed by atoms with Gasteiger partial charge >= 0.3 is 23.9 Å². The summed E-state index contributed by atoms with van der Waals surface area (Å²) in [5.41, 5.74) is 0.535. The van der Waals surface area contributed by atoms with Gasteiger partial charge in [0.1, 0.15) is 29.2 Å².